The Hall–Kier alpha value is -3.69. The Morgan fingerprint density at radius 3 is 2.68 bits per heavy atom. The summed E-state index contributed by atoms with van der Waals surface area (Å²) in [6.45, 7) is 2.75. The Morgan fingerprint density at radius 1 is 1.13 bits per heavy atom. The van der Waals surface area contributed by atoms with Crippen LogP contribution in [0.3, 0.4) is 0 Å². The Kier molecular flexibility index (Phi) is 8.05. The van der Waals surface area contributed by atoms with Crippen LogP contribution in [0.1, 0.15) is 31.0 Å². The number of hydrogen-bond acceptors (Lipinski definition) is 6. The maximum atomic E-state index is 11.0. The predicted octanol–water partition coefficient (Wildman–Crippen LogP) is 7.05. The zero-order valence-corrected chi connectivity index (χ0v) is 23.2. The summed E-state index contributed by atoms with van der Waals surface area (Å²) in [5.74, 6) is -0.0315. The van der Waals surface area contributed by atoms with Gasteiger partial charge in [0.1, 0.15) is 10.8 Å². The monoisotopic (exact) mass is 587 g/mol. The largest absolute Gasteiger partial charge is 0.481 e. The number of rotatable bonds is 8. The number of benzene rings is 1. The molecule has 0 amide bonds. The normalized spacial score (nSPS) is 13.3. The predicted molar refractivity (Wildman–Crippen MR) is 155 cm³/mol. The van der Waals surface area contributed by atoms with Crippen LogP contribution in [0.4, 0.5) is 5.82 Å². The summed E-state index contributed by atoms with van der Waals surface area (Å²) in [6, 6.07) is 11.6. The molecule has 2 N–H and O–H groups in total. The van der Waals surface area contributed by atoms with Crippen molar-refractivity contribution in [3.63, 3.8) is 0 Å². The van der Waals surface area contributed by atoms with Crippen molar-refractivity contribution in [3.8, 4) is 11.1 Å². The molecule has 0 saturated heterocycles. The lowest BCUT2D eigenvalue weighted by Crippen LogP contribution is -2.07. The number of aliphatic carboxylic acids is 1. The molecule has 3 heterocycles. The van der Waals surface area contributed by atoms with Crippen molar-refractivity contribution in [2.24, 2.45) is 0 Å². The van der Waals surface area contributed by atoms with E-state index < -0.39 is 5.97 Å². The molecule has 0 unspecified atom stereocenters. The fourth-order valence-corrected chi connectivity index (χ4v) is 5.58. The third-order valence-corrected chi connectivity index (χ3v) is 7.99. The molecule has 0 fully saturated rings. The van der Waals surface area contributed by atoms with E-state index in [1.54, 1.807) is 0 Å². The van der Waals surface area contributed by atoms with E-state index in [2.05, 4.69) is 62.8 Å². The minimum Gasteiger partial charge on any atom is -0.481 e. The number of fused-ring (bicyclic) bond motifs is 1. The second-order valence-electron chi connectivity index (χ2n) is 8.68. The molecule has 3 aromatic heterocycles. The quantitative estimate of drug-likeness (QED) is 0.213. The second kappa shape index (κ2) is 11.8. The van der Waals surface area contributed by atoms with Crippen molar-refractivity contribution in [2.75, 3.05) is 11.9 Å². The van der Waals surface area contributed by atoms with Crippen LogP contribution in [0.15, 0.2) is 93.6 Å². The number of hydrogen-bond donors (Lipinski definition) is 2. The molecule has 0 radical (unpaired) electrons. The number of carboxylic acids is 1. The molecule has 1 aliphatic carbocycles. The number of pyridine rings is 1. The molecule has 1 aromatic carbocycles. The third-order valence-electron chi connectivity index (χ3n) is 5.98. The molecule has 0 aliphatic heterocycles. The molecule has 0 spiro atoms. The third kappa shape index (κ3) is 5.74. The van der Waals surface area contributed by atoms with Crippen LogP contribution >= 0.6 is 27.7 Å². The van der Waals surface area contributed by atoms with Gasteiger partial charge in [0.2, 0.25) is 0 Å². The zero-order valence-electron chi connectivity index (χ0n) is 20.8. The number of aromatic nitrogens is 4. The number of carboxylic acid groups (broad SMARTS) is 1. The summed E-state index contributed by atoms with van der Waals surface area (Å²) < 4.78 is 2.62. The highest BCUT2D eigenvalue weighted by atomic mass is 79.9. The van der Waals surface area contributed by atoms with E-state index in [-0.39, 0.29) is 6.42 Å². The molecule has 0 saturated carbocycles. The molecule has 4 aromatic rings. The number of halogens is 1. The summed E-state index contributed by atoms with van der Waals surface area (Å²) in [5, 5.41) is 17.9. The average Bonchev–Trinajstić information content (AvgIpc) is 3.31. The first kappa shape index (κ1) is 25.9. The van der Waals surface area contributed by atoms with Gasteiger partial charge in [-0.1, -0.05) is 60.3 Å². The molecular formula is C29H26BrN5O2S. The number of nitrogens with one attached hydrogen (secondary N) is 1. The Labute approximate surface area is 233 Å². The SMILES string of the molecule is CCNc1c(Br)c(Sc2ccc(CC(=O)O)cc2)nc2c(-c3ccc(C4=CC=CCCC=C4)nc3)cnn12. The van der Waals surface area contributed by atoms with Gasteiger partial charge in [-0.3, -0.25) is 9.78 Å². The van der Waals surface area contributed by atoms with Crippen LogP contribution in [-0.2, 0) is 11.2 Å². The van der Waals surface area contributed by atoms with E-state index in [1.807, 2.05) is 54.2 Å². The van der Waals surface area contributed by atoms with Crippen molar-refractivity contribution in [1.82, 2.24) is 19.6 Å². The van der Waals surface area contributed by atoms with Crippen molar-refractivity contribution in [2.45, 2.75) is 36.1 Å². The summed E-state index contributed by atoms with van der Waals surface area (Å²) >= 11 is 5.23. The van der Waals surface area contributed by atoms with E-state index in [0.29, 0.717) is 6.54 Å². The summed E-state index contributed by atoms with van der Waals surface area (Å²) in [4.78, 5) is 21.7. The summed E-state index contributed by atoms with van der Waals surface area (Å²) in [5.41, 5.74) is 5.29. The fourth-order valence-electron chi connectivity index (χ4n) is 4.13. The Bertz CT molecular complexity index is 1560. The van der Waals surface area contributed by atoms with Crippen LogP contribution in [0, 0.1) is 0 Å². The van der Waals surface area contributed by atoms with Gasteiger partial charge in [0.15, 0.2) is 5.65 Å². The highest BCUT2D eigenvalue weighted by Gasteiger charge is 2.19. The van der Waals surface area contributed by atoms with Gasteiger partial charge in [0.25, 0.3) is 0 Å². The first-order valence-corrected chi connectivity index (χ1v) is 13.9. The zero-order chi connectivity index (χ0) is 26.5. The number of nitrogens with zero attached hydrogens (tertiary/aromatic N) is 4. The van der Waals surface area contributed by atoms with Gasteiger partial charge >= 0.3 is 5.97 Å². The molecule has 192 valence electrons. The van der Waals surface area contributed by atoms with Gasteiger partial charge in [-0.05, 0) is 65.0 Å². The first-order chi connectivity index (χ1) is 18.5. The van der Waals surface area contributed by atoms with Gasteiger partial charge in [-0.25, -0.2) is 4.98 Å². The lowest BCUT2D eigenvalue weighted by Gasteiger charge is -2.13. The van der Waals surface area contributed by atoms with Crippen LogP contribution in [0.2, 0.25) is 0 Å². The molecule has 5 rings (SSSR count). The minimum atomic E-state index is -0.846. The van der Waals surface area contributed by atoms with Crippen molar-refractivity contribution in [1.29, 1.82) is 0 Å². The van der Waals surface area contributed by atoms with E-state index in [9.17, 15) is 4.79 Å². The molecular weight excluding hydrogens is 562 g/mol. The van der Waals surface area contributed by atoms with Gasteiger partial charge in [0, 0.05) is 28.8 Å². The molecule has 7 nitrogen and oxygen atoms in total. The molecule has 38 heavy (non-hydrogen) atoms. The van der Waals surface area contributed by atoms with Crippen LogP contribution < -0.4 is 5.32 Å². The number of allylic oxidation sites excluding steroid dienone is 6. The van der Waals surface area contributed by atoms with E-state index in [4.69, 9.17) is 15.1 Å². The Balaban J connectivity index is 1.51. The average molecular weight is 589 g/mol. The van der Waals surface area contributed by atoms with Crippen LogP contribution in [-0.4, -0.2) is 37.2 Å². The number of carbonyl (C=O) groups is 1. The summed E-state index contributed by atoms with van der Waals surface area (Å²) in [7, 11) is 0. The summed E-state index contributed by atoms with van der Waals surface area (Å²) in [6.07, 6.45) is 16.4. The van der Waals surface area contributed by atoms with Crippen molar-refractivity contribution >= 4 is 50.7 Å². The van der Waals surface area contributed by atoms with Crippen molar-refractivity contribution in [3.05, 3.63) is 94.9 Å². The molecule has 1 aliphatic rings. The topological polar surface area (TPSA) is 92.4 Å². The molecule has 9 heteroatoms. The van der Waals surface area contributed by atoms with Crippen molar-refractivity contribution < 1.29 is 9.90 Å². The van der Waals surface area contributed by atoms with E-state index in [0.717, 1.165) is 66.7 Å². The maximum Gasteiger partial charge on any atom is 0.307 e. The minimum absolute atomic E-state index is 0.000297. The van der Waals surface area contributed by atoms with Gasteiger partial charge in [-0.2, -0.15) is 9.61 Å². The van der Waals surface area contributed by atoms with Crippen LogP contribution in [0.25, 0.3) is 22.3 Å². The standard InChI is InChI=1S/C29H26BrN5O2S/c1-2-31-28-26(30)29(38-22-13-10-19(11-14-22)16-25(36)37)34-27-23(18-33-35(27)28)21-12-15-24(32-17-21)20-8-6-4-3-5-7-9-20/h4,6-15,17-18,31H,2-3,5,16H2,1H3,(H,36,37). The van der Waals surface area contributed by atoms with Crippen LogP contribution in [0.5, 0.6) is 0 Å². The lowest BCUT2D eigenvalue weighted by molar-refractivity contribution is -0.136. The highest BCUT2D eigenvalue weighted by molar-refractivity contribution is 9.10. The first-order valence-electron chi connectivity index (χ1n) is 12.3. The van der Waals surface area contributed by atoms with E-state index in [1.165, 1.54) is 11.8 Å². The fraction of sp³-hybridized carbons (Fsp3) is 0.172. The molecule has 0 atom stereocenters. The smallest absolute Gasteiger partial charge is 0.307 e. The highest BCUT2D eigenvalue weighted by Crippen LogP contribution is 2.38. The van der Waals surface area contributed by atoms with Gasteiger partial charge < -0.3 is 10.4 Å². The maximum absolute atomic E-state index is 11.0. The second-order valence-corrected chi connectivity index (χ2v) is 10.5. The lowest BCUT2D eigenvalue weighted by atomic mass is 10.1. The Morgan fingerprint density at radius 2 is 1.95 bits per heavy atom. The number of anilines is 1. The molecule has 0 bridgehead atoms. The van der Waals surface area contributed by atoms with Gasteiger partial charge in [-0.15, -0.1) is 0 Å². The van der Waals surface area contributed by atoms with E-state index >= 15 is 0 Å². The van der Waals surface area contributed by atoms with Gasteiger partial charge in [0.05, 0.1) is 22.8 Å².